The minimum Gasteiger partial charge on any atom is -0.486 e. The largest absolute Gasteiger partial charge is 0.486 e. The number of imide groups is 1. The normalized spacial score (nSPS) is 14.6. The minimum absolute atomic E-state index is 0.0433. The second kappa shape index (κ2) is 9.73. The van der Waals surface area contributed by atoms with Crippen LogP contribution in [0.5, 0.6) is 11.5 Å². The average molecular weight is 455 g/mol. The van der Waals surface area contributed by atoms with Gasteiger partial charge < -0.3 is 19.2 Å². The Morgan fingerprint density at radius 1 is 1.09 bits per heavy atom. The van der Waals surface area contributed by atoms with Gasteiger partial charge in [-0.05, 0) is 38.1 Å². The number of aryl methyl sites for hydroxylation is 2. The number of aromatic nitrogens is 2. The molecule has 0 saturated carbocycles. The summed E-state index contributed by atoms with van der Waals surface area (Å²) in [6, 6.07) is 12.7. The third-order valence-electron chi connectivity index (χ3n) is 4.51. The second-order valence-electron chi connectivity index (χ2n) is 7.29. The predicted molar refractivity (Wildman–Crippen MR) is 118 cm³/mol. The molecule has 32 heavy (non-hydrogen) atoms. The van der Waals surface area contributed by atoms with E-state index < -0.39 is 11.9 Å². The van der Waals surface area contributed by atoms with E-state index in [0.29, 0.717) is 24.0 Å². The zero-order valence-corrected chi connectivity index (χ0v) is 18.4. The van der Waals surface area contributed by atoms with Crippen molar-refractivity contribution in [1.29, 1.82) is 0 Å². The molecule has 1 aliphatic heterocycles. The molecule has 1 aliphatic rings. The zero-order valence-electron chi connectivity index (χ0n) is 17.6. The van der Waals surface area contributed by atoms with Gasteiger partial charge in [0.05, 0.1) is 12.3 Å². The molecule has 0 fully saturated rings. The highest BCUT2D eigenvalue weighted by molar-refractivity contribution is 7.99. The number of carbonyl (C=O) groups is 2. The lowest BCUT2D eigenvalue weighted by molar-refractivity contribution is -0.117. The van der Waals surface area contributed by atoms with Gasteiger partial charge in [0.2, 0.25) is 11.8 Å². The predicted octanol–water partition coefficient (Wildman–Crippen LogP) is 3.11. The molecule has 2 heterocycles. The zero-order chi connectivity index (χ0) is 22.5. The maximum Gasteiger partial charge on any atom is 0.321 e. The smallest absolute Gasteiger partial charge is 0.321 e. The average Bonchev–Trinajstić information content (AvgIpc) is 3.25. The number of nitrogens with zero attached hydrogens (tertiary/aromatic N) is 2. The number of hydrogen-bond acceptors (Lipinski definition) is 8. The monoisotopic (exact) mass is 454 g/mol. The Kier molecular flexibility index (Phi) is 6.60. The molecule has 3 aromatic rings. The first-order chi connectivity index (χ1) is 15.5. The van der Waals surface area contributed by atoms with Gasteiger partial charge in [-0.1, -0.05) is 41.1 Å². The molecule has 0 aliphatic carbocycles. The van der Waals surface area contributed by atoms with Crippen LogP contribution in [0.15, 0.2) is 52.1 Å². The number of ether oxygens (including phenoxy) is 2. The molecule has 3 amide bonds. The van der Waals surface area contributed by atoms with Gasteiger partial charge in [0, 0.05) is 5.56 Å². The van der Waals surface area contributed by atoms with Crippen molar-refractivity contribution in [3.8, 4) is 23.0 Å². The molecule has 0 saturated heterocycles. The van der Waals surface area contributed by atoms with Crippen molar-refractivity contribution >= 4 is 23.7 Å². The highest BCUT2D eigenvalue weighted by atomic mass is 32.2. The van der Waals surface area contributed by atoms with Crippen molar-refractivity contribution in [2.24, 2.45) is 0 Å². The van der Waals surface area contributed by atoms with Crippen molar-refractivity contribution in [2.75, 3.05) is 18.9 Å². The summed E-state index contributed by atoms with van der Waals surface area (Å²) in [6.07, 6.45) is -0.345. The van der Waals surface area contributed by atoms with E-state index in [4.69, 9.17) is 13.9 Å². The van der Waals surface area contributed by atoms with Crippen molar-refractivity contribution in [1.82, 2.24) is 20.8 Å². The van der Waals surface area contributed by atoms with E-state index in [9.17, 15) is 9.59 Å². The van der Waals surface area contributed by atoms with Crippen molar-refractivity contribution in [2.45, 2.75) is 25.2 Å². The van der Waals surface area contributed by atoms with E-state index in [0.717, 1.165) is 28.5 Å². The number of nitrogens with one attached hydrogen (secondary N) is 2. The van der Waals surface area contributed by atoms with Crippen molar-refractivity contribution in [3.63, 3.8) is 0 Å². The number of para-hydroxylation sites is 2. The third kappa shape index (κ3) is 5.58. The number of thioether (sulfide) groups is 1. The molecule has 166 valence electrons. The molecule has 1 aromatic heterocycles. The molecule has 0 bridgehead atoms. The van der Waals surface area contributed by atoms with E-state index >= 15 is 0 Å². The van der Waals surface area contributed by atoms with E-state index in [-0.39, 0.29) is 23.6 Å². The molecule has 2 N–H and O–H groups in total. The Bertz CT molecular complexity index is 1110. The van der Waals surface area contributed by atoms with Gasteiger partial charge in [0.15, 0.2) is 17.6 Å². The first-order valence-corrected chi connectivity index (χ1v) is 11.0. The maximum atomic E-state index is 12.1. The lowest BCUT2D eigenvalue weighted by Crippen LogP contribution is -2.46. The summed E-state index contributed by atoms with van der Waals surface area (Å²) in [5.41, 5.74) is 3.00. The number of rotatable bonds is 6. The van der Waals surface area contributed by atoms with E-state index in [1.165, 1.54) is 0 Å². The first-order valence-electron chi connectivity index (χ1n) is 9.97. The minimum atomic E-state index is -0.612. The summed E-state index contributed by atoms with van der Waals surface area (Å²) in [7, 11) is 0. The molecular weight excluding hydrogens is 432 g/mol. The lowest BCUT2D eigenvalue weighted by Gasteiger charge is -2.26. The summed E-state index contributed by atoms with van der Waals surface area (Å²) in [5.74, 6) is 1.15. The molecule has 10 heteroatoms. The van der Waals surface area contributed by atoms with Crippen LogP contribution in [0.3, 0.4) is 0 Å². The fourth-order valence-electron chi connectivity index (χ4n) is 3.19. The Morgan fingerprint density at radius 2 is 1.84 bits per heavy atom. The fraction of sp³-hybridized carbons (Fsp3) is 0.273. The van der Waals surface area contributed by atoms with E-state index in [2.05, 4.69) is 26.9 Å². The molecular formula is C22H22N4O5S. The van der Waals surface area contributed by atoms with Crippen LogP contribution in [0.1, 0.15) is 11.1 Å². The Balaban J connectivity index is 1.21. The van der Waals surface area contributed by atoms with Crippen LogP contribution in [-0.4, -0.2) is 47.1 Å². The van der Waals surface area contributed by atoms with Gasteiger partial charge >= 0.3 is 6.03 Å². The lowest BCUT2D eigenvalue weighted by atomic mass is 10.1. The maximum absolute atomic E-state index is 12.1. The summed E-state index contributed by atoms with van der Waals surface area (Å²) >= 11 is 1.06. The molecule has 9 nitrogen and oxygen atoms in total. The van der Waals surface area contributed by atoms with Crippen LogP contribution >= 0.6 is 11.8 Å². The van der Waals surface area contributed by atoms with Gasteiger partial charge in [-0.2, -0.15) is 0 Å². The van der Waals surface area contributed by atoms with Crippen molar-refractivity contribution < 1.29 is 23.5 Å². The molecule has 0 radical (unpaired) electrons. The number of carbonyl (C=O) groups excluding carboxylic acids is 2. The topological polar surface area (TPSA) is 116 Å². The number of fused-ring (bicyclic) bond motifs is 1. The highest BCUT2D eigenvalue weighted by Gasteiger charge is 2.21. The van der Waals surface area contributed by atoms with Crippen LogP contribution < -0.4 is 20.1 Å². The quantitative estimate of drug-likeness (QED) is 0.546. The fourth-order valence-corrected chi connectivity index (χ4v) is 3.75. The van der Waals surface area contributed by atoms with Crippen LogP contribution in [0.4, 0.5) is 4.79 Å². The second-order valence-corrected chi connectivity index (χ2v) is 8.22. The SMILES string of the molecule is Cc1cc(C)cc(-c2nnc(SCC(=O)NC(=O)NC[C@H]3COc4ccccc4O3)o2)c1. The summed E-state index contributed by atoms with van der Waals surface area (Å²) in [6.45, 7) is 4.49. The highest BCUT2D eigenvalue weighted by Crippen LogP contribution is 2.30. The van der Waals surface area contributed by atoms with Crippen molar-refractivity contribution in [3.05, 3.63) is 53.6 Å². The molecule has 0 unspecified atom stereocenters. The van der Waals surface area contributed by atoms with Crippen LogP contribution in [0, 0.1) is 13.8 Å². The van der Waals surface area contributed by atoms with Crippen LogP contribution in [0.2, 0.25) is 0 Å². The Hall–Kier alpha value is -3.53. The first kappa shape index (κ1) is 21.7. The summed E-state index contributed by atoms with van der Waals surface area (Å²) in [5, 5.41) is 13.1. The Morgan fingerprint density at radius 3 is 2.62 bits per heavy atom. The van der Waals surface area contributed by atoms with Crippen LogP contribution in [0.25, 0.3) is 11.5 Å². The summed E-state index contributed by atoms with van der Waals surface area (Å²) in [4.78, 5) is 24.1. The molecule has 1 atom stereocenters. The van der Waals surface area contributed by atoms with Crippen LogP contribution in [-0.2, 0) is 4.79 Å². The van der Waals surface area contributed by atoms with Gasteiger partial charge in [-0.3, -0.25) is 10.1 Å². The molecule has 2 aromatic carbocycles. The summed E-state index contributed by atoms with van der Waals surface area (Å²) < 4.78 is 17.0. The molecule has 0 spiro atoms. The van der Waals surface area contributed by atoms with Gasteiger partial charge in [-0.25, -0.2) is 4.79 Å². The number of hydrogen-bond donors (Lipinski definition) is 2. The standard InChI is InChI=1S/C22H22N4O5S/c1-13-7-14(2)9-15(8-13)20-25-26-22(31-20)32-12-19(27)24-21(28)23-10-16-11-29-17-5-3-4-6-18(17)30-16/h3-9,16H,10-12H2,1-2H3,(H2,23,24,27,28)/t16-/m0/s1. The van der Waals surface area contributed by atoms with Gasteiger partial charge in [0.25, 0.3) is 5.22 Å². The third-order valence-corrected chi connectivity index (χ3v) is 5.33. The van der Waals surface area contributed by atoms with E-state index in [1.807, 2.05) is 44.2 Å². The van der Waals surface area contributed by atoms with Gasteiger partial charge in [0.1, 0.15) is 6.61 Å². The number of benzene rings is 2. The van der Waals surface area contributed by atoms with Gasteiger partial charge in [-0.15, -0.1) is 10.2 Å². The Labute approximate surface area is 188 Å². The number of amides is 3. The molecule has 4 rings (SSSR count). The number of urea groups is 1. The van der Waals surface area contributed by atoms with E-state index in [1.54, 1.807) is 6.07 Å².